The molecule has 1 heterocycles. The molecule has 102 valence electrons. The predicted octanol–water partition coefficient (Wildman–Crippen LogP) is 2.30. The van der Waals surface area contributed by atoms with E-state index in [2.05, 4.69) is 0 Å². The van der Waals surface area contributed by atoms with Crippen LogP contribution in [0.15, 0.2) is 53.5 Å². The van der Waals surface area contributed by atoms with Crippen LogP contribution >= 0.6 is 0 Å². The number of hydrogen-bond acceptors (Lipinski definition) is 2. The zero-order valence-electron chi connectivity index (χ0n) is 11.1. The molecular formula is C16H15NO3. The van der Waals surface area contributed by atoms with Crippen LogP contribution in [0.3, 0.4) is 0 Å². The summed E-state index contributed by atoms with van der Waals surface area (Å²) in [6, 6.07) is 10.9. The maximum Gasteiger partial charge on any atom is 0.328 e. The van der Waals surface area contributed by atoms with Crippen LogP contribution in [0.1, 0.15) is 16.7 Å². The Labute approximate surface area is 116 Å². The lowest BCUT2D eigenvalue weighted by molar-refractivity contribution is -0.131. The minimum absolute atomic E-state index is 0.0676. The molecule has 2 rings (SSSR count). The largest absolute Gasteiger partial charge is 0.478 e. The summed E-state index contributed by atoms with van der Waals surface area (Å²) in [5.74, 6) is -0.993. The summed E-state index contributed by atoms with van der Waals surface area (Å²) in [6.07, 6.45) is 4.38. The average Bonchev–Trinajstić information content (AvgIpc) is 2.41. The molecule has 1 aromatic heterocycles. The Kier molecular flexibility index (Phi) is 4.15. The summed E-state index contributed by atoms with van der Waals surface area (Å²) in [5.41, 5.74) is 2.55. The lowest BCUT2D eigenvalue weighted by Gasteiger charge is -2.09. The molecule has 0 saturated carbocycles. The second-order valence-electron chi connectivity index (χ2n) is 4.54. The van der Waals surface area contributed by atoms with E-state index in [0.29, 0.717) is 6.54 Å². The van der Waals surface area contributed by atoms with Crippen molar-refractivity contribution in [2.45, 2.75) is 13.5 Å². The van der Waals surface area contributed by atoms with Gasteiger partial charge in [-0.25, -0.2) is 4.79 Å². The molecule has 20 heavy (non-hydrogen) atoms. The van der Waals surface area contributed by atoms with Gasteiger partial charge in [0.25, 0.3) is 5.56 Å². The van der Waals surface area contributed by atoms with Crippen LogP contribution in [0.5, 0.6) is 0 Å². The van der Waals surface area contributed by atoms with E-state index < -0.39 is 5.97 Å². The Balaban J connectivity index is 2.34. The first-order valence-electron chi connectivity index (χ1n) is 6.22. The second-order valence-corrected chi connectivity index (χ2v) is 4.54. The highest BCUT2D eigenvalue weighted by molar-refractivity contribution is 5.85. The Morgan fingerprint density at radius 2 is 2.05 bits per heavy atom. The van der Waals surface area contributed by atoms with Crippen LogP contribution in [0.4, 0.5) is 0 Å². The van der Waals surface area contributed by atoms with Crippen LogP contribution in [-0.2, 0) is 11.3 Å². The summed E-state index contributed by atoms with van der Waals surface area (Å²) >= 11 is 0. The molecular weight excluding hydrogens is 254 g/mol. The van der Waals surface area contributed by atoms with Crippen molar-refractivity contribution >= 4 is 12.0 Å². The van der Waals surface area contributed by atoms with Crippen molar-refractivity contribution in [3.63, 3.8) is 0 Å². The van der Waals surface area contributed by atoms with Gasteiger partial charge in [0.05, 0.1) is 6.54 Å². The van der Waals surface area contributed by atoms with Gasteiger partial charge < -0.3 is 9.67 Å². The smallest absolute Gasteiger partial charge is 0.328 e. The molecule has 1 aromatic carbocycles. The van der Waals surface area contributed by atoms with Gasteiger partial charge in [0.1, 0.15) is 0 Å². The first-order chi connectivity index (χ1) is 9.56. The average molecular weight is 269 g/mol. The van der Waals surface area contributed by atoms with E-state index in [0.717, 1.165) is 22.8 Å². The van der Waals surface area contributed by atoms with E-state index >= 15 is 0 Å². The number of carbonyl (C=O) groups is 1. The number of pyridine rings is 1. The van der Waals surface area contributed by atoms with Crippen molar-refractivity contribution < 1.29 is 9.90 Å². The van der Waals surface area contributed by atoms with Gasteiger partial charge in [-0.05, 0) is 35.8 Å². The zero-order valence-corrected chi connectivity index (χ0v) is 11.1. The van der Waals surface area contributed by atoms with Gasteiger partial charge in [-0.3, -0.25) is 4.79 Å². The number of benzene rings is 1. The van der Waals surface area contributed by atoms with Gasteiger partial charge in [-0.1, -0.05) is 24.3 Å². The zero-order chi connectivity index (χ0) is 14.5. The highest BCUT2D eigenvalue weighted by atomic mass is 16.4. The number of hydrogen-bond donors (Lipinski definition) is 1. The first-order valence-corrected chi connectivity index (χ1v) is 6.22. The van der Waals surface area contributed by atoms with E-state index in [1.165, 1.54) is 6.08 Å². The van der Waals surface area contributed by atoms with Crippen LogP contribution < -0.4 is 5.56 Å². The molecule has 4 nitrogen and oxygen atoms in total. The van der Waals surface area contributed by atoms with Crippen molar-refractivity contribution in [3.05, 3.63) is 75.7 Å². The normalized spacial score (nSPS) is 10.8. The molecule has 0 aliphatic rings. The summed E-state index contributed by atoms with van der Waals surface area (Å²) in [6.45, 7) is 2.29. The molecule has 4 heteroatoms. The van der Waals surface area contributed by atoms with Crippen molar-refractivity contribution in [1.82, 2.24) is 4.57 Å². The van der Waals surface area contributed by atoms with Crippen molar-refractivity contribution in [3.8, 4) is 0 Å². The highest BCUT2D eigenvalue weighted by Crippen LogP contribution is 2.12. The summed E-state index contributed by atoms with van der Waals surface area (Å²) in [7, 11) is 0. The predicted molar refractivity (Wildman–Crippen MR) is 77.7 cm³/mol. The lowest BCUT2D eigenvalue weighted by Crippen LogP contribution is -2.19. The lowest BCUT2D eigenvalue weighted by atomic mass is 10.1. The summed E-state index contributed by atoms with van der Waals surface area (Å²) < 4.78 is 1.60. The first kappa shape index (κ1) is 13.8. The number of aryl methyl sites for hydroxylation is 1. The Morgan fingerprint density at radius 3 is 2.75 bits per heavy atom. The molecule has 0 spiro atoms. The van der Waals surface area contributed by atoms with E-state index in [1.807, 2.05) is 37.3 Å². The summed E-state index contributed by atoms with van der Waals surface area (Å²) in [5, 5.41) is 8.69. The van der Waals surface area contributed by atoms with Crippen molar-refractivity contribution in [1.29, 1.82) is 0 Å². The fraction of sp³-hybridized carbons (Fsp3) is 0.125. The molecule has 2 aromatic rings. The maximum atomic E-state index is 11.9. The third kappa shape index (κ3) is 3.45. The molecule has 0 bridgehead atoms. The molecule has 0 aliphatic heterocycles. The molecule has 0 saturated heterocycles. The van der Waals surface area contributed by atoms with Crippen LogP contribution in [0, 0.1) is 6.92 Å². The monoisotopic (exact) mass is 269 g/mol. The van der Waals surface area contributed by atoms with E-state index in [4.69, 9.17) is 5.11 Å². The van der Waals surface area contributed by atoms with Gasteiger partial charge in [0, 0.05) is 18.3 Å². The minimum atomic E-state index is -0.993. The number of nitrogens with zero attached hydrogens (tertiary/aromatic N) is 1. The number of rotatable bonds is 4. The van der Waals surface area contributed by atoms with Gasteiger partial charge in [-0.2, -0.15) is 0 Å². The Morgan fingerprint density at radius 1 is 1.30 bits per heavy atom. The molecule has 1 N–H and O–H groups in total. The van der Waals surface area contributed by atoms with E-state index in [9.17, 15) is 9.59 Å². The fourth-order valence-electron chi connectivity index (χ4n) is 1.92. The number of aliphatic carboxylic acids is 1. The molecule has 0 unspecified atom stereocenters. The minimum Gasteiger partial charge on any atom is -0.478 e. The Bertz CT molecular complexity index is 714. The number of aromatic nitrogens is 1. The molecule has 0 amide bonds. The second kappa shape index (κ2) is 6.02. The van der Waals surface area contributed by atoms with Crippen molar-refractivity contribution in [2.75, 3.05) is 0 Å². The fourth-order valence-corrected chi connectivity index (χ4v) is 1.92. The summed E-state index contributed by atoms with van der Waals surface area (Å²) in [4.78, 5) is 22.5. The highest BCUT2D eigenvalue weighted by Gasteiger charge is 2.02. The van der Waals surface area contributed by atoms with Crippen molar-refractivity contribution in [2.24, 2.45) is 0 Å². The SMILES string of the molecule is Cc1ccn(Cc2ccccc2C=CC(=O)O)c(=O)c1. The number of carboxylic acid groups (broad SMARTS) is 1. The number of carboxylic acids is 1. The van der Waals surface area contributed by atoms with E-state index in [-0.39, 0.29) is 5.56 Å². The Hall–Kier alpha value is -2.62. The van der Waals surface area contributed by atoms with Gasteiger partial charge in [-0.15, -0.1) is 0 Å². The van der Waals surface area contributed by atoms with Crippen LogP contribution in [0.2, 0.25) is 0 Å². The van der Waals surface area contributed by atoms with Gasteiger partial charge in [0.2, 0.25) is 0 Å². The van der Waals surface area contributed by atoms with Gasteiger partial charge >= 0.3 is 5.97 Å². The topological polar surface area (TPSA) is 59.3 Å². The third-order valence-corrected chi connectivity index (χ3v) is 2.95. The van der Waals surface area contributed by atoms with Crippen LogP contribution in [-0.4, -0.2) is 15.6 Å². The molecule has 0 aliphatic carbocycles. The molecule has 0 radical (unpaired) electrons. The quantitative estimate of drug-likeness (QED) is 0.866. The molecule has 0 fully saturated rings. The third-order valence-electron chi connectivity index (χ3n) is 2.95. The van der Waals surface area contributed by atoms with Gasteiger partial charge in [0.15, 0.2) is 0 Å². The van der Waals surface area contributed by atoms with E-state index in [1.54, 1.807) is 16.8 Å². The van der Waals surface area contributed by atoms with Crippen LogP contribution in [0.25, 0.3) is 6.08 Å². The maximum absolute atomic E-state index is 11.9. The standard InChI is InChI=1S/C16H15NO3/c1-12-8-9-17(15(18)10-12)11-14-5-3-2-4-13(14)6-7-16(19)20/h2-10H,11H2,1H3,(H,19,20). The molecule has 0 atom stereocenters.